The van der Waals surface area contributed by atoms with Crippen molar-refractivity contribution < 1.29 is 0 Å². The third-order valence-electron chi connectivity index (χ3n) is 2.68. The van der Waals surface area contributed by atoms with Crippen LogP contribution in [0.2, 0.25) is 0 Å². The van der Waals surface area contributed by atoms with Crippen LogP contribution in [0.5, 0.6) is 0 Å². The molecule has 0 bridgehead atoms. The third kappa shape index (κ3) is 1.86. The van der Waals surface area contributed by atoms with Gasteiger partial charge < -0.3 is 5.32 Å². The van der Waals surface area contributed by atoms with Gasteiger partial charge >= 0.3 is 0 Å². The van der Waals surface area contributed by atoms with Gasteiger partial charge in [0, 0.05) is 5.54 Å². The number of hydrogen-bond donors (Lipinski definition) is 1. The first-order valence-electron chi connectivity index (χ1n) is 3.90. The van der Waals surface area contributed by atoms with E-state index in [0.717, 1.165) is 5.92 Å². The zero-order valence-electron chi connectivity index (χ0n) is 7.11. The first kappa shape index (κ1) is 10.2. The number of nitrogens with one attached hydrogen (secondary N) is 1. The highest BCUT2D eigenvalue weighted by Crippen LogP contribution is 2.26. The first-order valence-corrected chi connectivity index (χ1v) is 3.90. The lowest BCUT2D eigenvalue weighted by atomic mass is 9.87. The van der Waals surface area contributed by atoms with Crippen molar-refractivity contribution >= 4 is 12.4 Å². The van der Waals surface area contributed by atoms with Crippen LogP contribution < -0.4 is 5.32 Å². The summed E-state index contributed by atoms with van der Waals surface area (Å²) >= 11 is 0. The van der Waals surface area contributed by atoms with E-state index in [4.69, 9.17) is 0 Å². The largest absolute Gasteiger partial charge is 0.311 e. The van der Waals surface area contributed by atoms with Gasteiger partial charge in [-0.2, -0.15) is 0 Å². The maximum Gasteiger partial charge on any atom is 0.0176 e. The third-order valence-corrected chi connectivity index (χ3v) is 2.68. The topological polar surface area (TPSA) is 12.0 Å². The molecule has 1 saturated heterocycles. The maximum atomic E-state index is 3.53. The number of hydrogen-bond acceptors (Lipinski definition) is 1. The van der Waals surface area contributed by atoms with Crippen LogP contribution in [-0.4, -0.2) is 12.1 Å². The normalized spacial score (nSPS) is 32.4. The zero-order valence-corrected chi connectivity index (χ0v) is 7.92. The van der Waals surface area contributed by atoms with Crippen molar-refractivity contribution in [1.29, 1.82) is 0 Å². The number of rotatable bonds is 1. The average molecular weight is 164 g/mol. The Morgan fingerprint density at radius 2 is 2.00 bits per heavy atom. The molecule has 0 saturated carbocycles. The molecule has 0 aliphatic carbocycles. The van der Waals surface area contributed by atoms with Crippen molar-refractivity contribution in [3.63, 3.8) is 0 Å². The summed E-state index contributed by atoms with van der Waals surface area (Å²) in [6.07, 6.45) is 2.71. The molecule has 62 valence electrons. The van der Waals surface area contributed by atoms with Gasteiger partial charge in [0.15, 0.2) is 0 Å². The predicted molar refractivity (Wildman–Crippen MR) is 47.7 cm³/mol. The molecule has 1 unspecified atom stereocenters. The van der Waals surface area contributed by atoms with E-state index < -0.39 is 0 Å². The minimum absolute atomic E-state index is 0. The molecule has 1 nitrogen and oxygen atoms in total. The molecule has 2 heteroatoms. The SMILES string of the molecule is CC(C)C1(C)CCCN1.Cl. The van der Waals surface area contributed by atoms with Crippen molar-refractivity contribution in [3.05, 3.63) is 0 Å². The van der Waals surface area contributed by atoms with Crippen molar-refractivity contribution in [3.8, 4) is 0 Å². The van der Waals surface area contributed by atoms with E-state index in [0.29, 0.717) is 5.54 Å². The summed E-state index contributed by atoms with van der Waals surface area (Å²) in [5.41, 5.74) is 0.444. The van der Waals surface area contributed by atoms with Crippen LogP contribution in [0.1, 0.15) is 33.6 Å². The lowest BCUT2D eigenvalue weighted by molar-refractivity contribution is 0.301. The monoisotopic (exact) mass is 163 g/mol. The molecule has 0 aromatic heterocycles. The van der Waals surface area contributed by atoms with E-state index in [-0.39, 0.29) is 12.4 Å². The van der Waals surface area contributed by atoms with Gasteiger partial charge in [0.05, 0.1) is 0 Å². The summed E-state index contributed by atoms with van der Waals surface area (Å²) in [6.45, 7) is 8.12. The molecule has 0 aromatic rings. The van der Waals surface area contributed by atoms with Crippen LogP contribution in [0.3, 0.4) is 0 Å². The fourth-order valence-corrected chi connectivity index (χ4v) is 1.41. The van der Waals surface area contributed by atoms with E-state index in [2.05, 4.69) is 26.1 Å². The molecule has 1 heterocycles. The van der Waals surface area contributed by atoms with Gasteiger partial charge in [-0.1, -0.05) is 13.8 Å². The summed E-state index contributed by atoms with van der Waals surface area (Å²) in [7, 11) is 0. The second-order valence-electron chi connectivity index (χ2n) is 3.60. The fraction of sp³-hybridized carbons (Fsp3) is 1.00. The van der Waals surface area contributed by atoms with Crippen molar-refractivity contribution in [1.82, 2.24) is 5.32 Å². The molecule has 1 aliphatic rings. The highest BCUT2D eigenvalue weighted by Gasteiger charge is 2.30. The molecular weight excluding hydrogens is 146 g/mol. The summed E-state index contributed by atoms with van der Waals surface area (Å²) in [5, 5.41) is 3.53. The smallest absolute Gasteiger partial charge is 0.0176 e. The molecule has 1 N–H and O–H groups in total. The highest BCUT2D eigenvalue weighted by atomic mass is 35.5. The quantitative estimate of drug-likeness (QED) is 0.625. The van der Waals surface area contributed by atoms with E-state index >= 15 is 0 Å². The van der Waals surface area contributed by atoms with Crippen LogP contribution in [-0.2, 0) is 0 Å². The molecule has 1 fully saturated rings. The van der Waals surface area contributed by atoms with Crippen molar-refractivity contribution in [2.75, 3.05) is 6.54 Å². The van der Waals surface area contributed by atoms with Crippen molar-refractivity contribution in [2.24, 2.45) is 5.92 Å². The van der Waals surface area contributed by atoms with Gasteiger partial charge in [0.1, 0.15) is 0 Å². The summed E-state index contributed by atoms with van der Waals surface area (Å²) in [6, 6.07) is 0. The first-order chi connectivity index (χ1) is 4.15. The average Bonchev–Trinajstić information content (AvgIpc) is 2.16. The van der Waals surface area contributed by atoms with Gasteiger partial charge in [0.25, 0.3) is 0 Å². The Kier molecular flexibility index (Phi) is 3.68. The molecular formula is C8H18ClN. The van der Waals surface area contributed by atoms with Crippen LogP contribution in [0, 0.1) is 5.92 Å². The molecule has 0 amide bonds. The van der Waals surface area contributed by atoms with E-state index in [1.165, 1.54) is 19.4 Å². The van der Waals surface area contributed by atoms with Crippen molar-refractivity contribution in [2.45, 2.75) is 39.2 Å². The maximum absolute atomic E-state index is 3.53. The fourth-order valence-electron chi connectivity index (χ4n) is 1.41. The predicted octanol–water partition coefficient (Wildman–Crippen LogP) is 2.21. The lowest BCUT2D eigenvalue weighted by Crippen LogP contribution is -2.41. The van der Waals surface area contributed by atoms with E-state index in [1.54, 1.807) is 0 Å². The highest BCUT2D eigenvalue weighted by molar-refractivity contribution is 5.85. The van der Waals surface area contributed by atoms with Gasteiger partial charge in [-0.3, -0.25) is 0 Å². The van der Waals surface area contributed by atoms with Crippen LogP contribution >= 0.6 is 12.4 Å². The van der Waals surface area contributed by atoms with Gasteiger partial charge in [0.2, 0.25) is 0 Å². The molecule has 1 atom stereocenters. The molecule has 0 radical (unpaired) electrons. The Labute approximate surface area is 70.0 Å². The molecule has 1 rings (SSSR count). The molecule has 1 aliphatic heterocycles. The molecule has 10 heavy (non-hydrogen) atoms. The second-order valence-corrected chi connectivity index (χ2v) is 3.60. The van der Waals surface area contributed by atoms with Gasteiger partial charge in [-0.25, -0.2) is 0 Å². The molecule has 0 spiro atoms. The Morgan fingerprint density at radius 1 is 1.40 bits per heavy atom. The summed E-state index contributed by atoms with van der Waals surface area (Å²) in [5.74, 6) is 0.778. The van der Waals surface area contributed by atoms with Gasteiger partial charge in [-0.05, 0) is 32.2 Å². The standard InChI is InChI=1S/C8H17N.ClH/c1-7(2)8(3)5-4-6-9-8;/h7,9H,4-6H2,1-3H3;1H. The van der Waals surface area contributed by atoms with Crippen LogP contribution in [0.4, 0.5) is 0 Å². The Hall–Kier alpha value is 0.250. The lowest BCUT2D eigenvalue weighted by Gasteiger charge is -2.28. The zero-order chi connectivity index (χ0) is 6.91. The van der Waals surface area contributed by atoms with Gasteiger partial charge in [-0.15, -0.1) is 12.4 Å². The van der Waals surface area contributed by atoms with E-state index in [1.807, 2.05) is 0 Å². The minimum atomic E-state index is 0. The minimum Gasteiger partial charge on any atom is -0.311 e. The summed E-state index contributed by atoms with van der Waals surface area (Å²) in [4.78, 5) is 0. The summed E-state index contributed by atoms with van der Waals surface area (Å²) < 4.78 is 0. The molecule has 0 aromatic carbocycles. The Balaban J connectivity index is 0.000000810. The number of halogens is 1. The second kappa shape index (κ2) is 3.59. The van der Waals surface area contributed by atoms with Crippen LogP contribution in [0.25, 0.3) is 0 Å². The van der Waals surface area contributed by atoms with Crippen LogP contribution in [0.15, 0.2) is 0 Å². The Bertz CT molecular complexity index is 95.4. The van der Waals surface area contributed by atoms with E-state index in [9.17, 15) is 0 Å². The Morgan fingerprint density at radius 3 is 2.20 bits per heavy atom.